The molecule has 0 heterocycles. The molecule has 1 amide bonds. The van der Waals surface area contributed by atoms with Gasteiger partial charge in [-0.25, -0.2) is 0 Å². The first-order valence-electron chi connectivity index (χ1n) is 6.42. The molecule has 1 aromatic carbocycles. The van der Waals surface area contributed by atoms with E-state index in [4.69, 9.17) is 0 Å². The highest BCUT2D eigenvalue weighted by atomic mass is 16.3. The van der Waals surface area contributed by atoms with Crippen molar-refractivity contribution in [2.24, 2.45) is 5.92 Å². The Bertz CT molecular complexity index is 388. The second-order valence-electron chi connectivity index (χ2n) is 4.98. The van der Waals surface area contributed by atoms with Gasteiger partial charge in [0.05, 0.1) is 12.1 Å². The van der Waals surface area contributed by atoms with Gasteiger partial charge in [0, 0.05) is 5.69 Å². The zero-order valence-electron chi connectivity index (χ0n) is 10.6. The third kappa shape index (κ3) is 3.55. The molecule has 0 saturated heterocycles. The van der Waals surface area contributed by atoms with Crippen LogP contribution in [0.15, 0.2) is 30.3 Å². The maximum atomic E-state index is 11.9. The molecule has 0 aromatic heterocycles. The summed E-state index contributed by atoms with van der Waals surface area (Å²) in [7, 11) is 0. The molecule has 2 rings (SSSR count). The first-order valence-corrected chi connectivity index (χ1v) is 6.42. The van der Waals surface area contributed by atoms with Gasteiger partial charge >= 0.3 is 0 Å². The number of hydrogen-bond donors (Lipinski definition) is 3. The topological polar surface area (TPSA) is 61.4 Å². The van der Waals surface area contributed by atoms with Gasteiger partial charge < -0.3 is 15.7 Å². The summed E-state index contributed by atoms with van der Waals surface area (Å²) in [5.74, 6) is 0.480. The van der Waals surface area contributed by atoms with Crippen LogP contribution in [0, 0.1) is 5.92 Å². The Kier molecular flexibility index (Phi) is 4.33. The summed E-state index contributed by atoms with van der Waals surface area (Å²) in [5, 5.41) is 15.2. The predicted molar refractivity (Wildman–Crippen MR) is 71.3 cm³/mol. The third-order valence-electron chi connectivity index (χ3n) is 3.36. The van der Waals surface area contributed by atoms with Crippen LogP contribution in [0.3, 0.4) is 0 Å². The number of anilines is 1. The summed E-state index contributed by atoms with van der Waals surface area (Å²) in [4.78, 5) is 11.9. The maximum absolute atomic E-state index is 11.9. The van der Waals surface area contributed by atoms with E-state index >= 15 is 0 Å². The zero-order chi connectivity index (χ0) is 13.0. The number of rotatable bonds is 5. The molecule has 18 heavy (non-hydrogen) atoms. The van der Waals surface area contributed by atoms with E-state index in [0.717, 1.165) is 25.1 Å². The van der Waals surface area contributed by atoms with Crippen molar-refractivity contribution in [3.63, 3.8) is 0 Å². The quantitative estimate of drug-likeness (QED) is 0.737. The number of para-hydroxylation sites is 1. The standard InChI is InChI=1S/C14H20N2O2/c1-10(15-9-11-7-13(17)8-11)14(18)16-12-5-3-2-4-6-12/h2-6,10-11,13,15,17H,7-9H2,1H3,(H,16,18). The van der Waals surface area contributed by atoms with E-state index in [1.165, 1.54) is 0 Å². The third-order valence-corrected chi connectivity index (χ3v) is 3.36. The molecular weight excluding hydrogens is 228 g/mol. The number of hydrogen-bond acceptors (Lipinski definition) is 3. The average molecular weight is 248 g/mol. The largest absolute Gasteiger partial charge is 0.393 e. The molecule has 1 atom stereocenters. The Labute approximate surface area is 107 Å². The predicted octanol–water partition coefficient (Wildman–Crippen LogP) is 1.37. The second-order valence-corrected chi connectivity index (χ2v) is 4.98. The van der Waals surface area contributed by atoms with Gasteiger partial charge in [0.1, 0.15) is 0 Å². The van der Waals surface area contributed by atoms with E-state index < -0.39 is 0 Å². The number of carbonyl (C=O) groups excluding carboxylic acids is 1. The number of benzene rings is 1. The van der Waals surface area contributed by atoms with E-state index in [-0.39, 0.29) is 18.1 Å². The summed E-state index contributed by atoms with van der Waals surface area (Å²) in [6.45, 7) is 2.65. The summed E-state index contributed by atoms with van der Waals surface area (Å²) < 4.78 is 0. The minimum absolute atomic E-state index is 0.0268. The van der Waals surface area contributed by atoms with Crippen molar-refractivity contribution in [1.29, 1.82) is 0 Å². The van der Waals surface area contributed by atoms with Crippen molar-refractivity contribution in [2.75, 3.05) is 11.9 Å². The van der Waals surface area contributed by atoms with E-state index in [2.05, 4.69) is 10.6 Å². The van der Waals surface area contributed by atoms with Gasteiger partial charge in [-0.15, -0.1) is 0 Å². The molecule has 0 bridgehead atoms. The molecule has 0 aliphatic heterocycles. The van der Waals surface area contributed by atoms with Gasteiger partial charge in [-0.2, -0.15) is 0 Å². The number of amides is 1. The molecule has 98 valence electrons. The van der Waals surface area contributed by atoms with Crippen LogP contribution in [0.5, 0.6) is 0 Å². The minimum atomic E-state index is -0.219. The molecule has 1 aromatic rings. The molecule has 4 heteroatoms. The Balaban J connectivity index is 1.71. The molecule has 1 fully saturated rings. The smallest absolute Gasteiger partial charge is 0.241 e. The molecule has 4 nitrogen and oxygen atoms in total. The monoisotopic (exact) mass is 248 g/mol. The van der Waals surface area contributed by atoms with Crippen molar-refractivity contribution in [1.82, 2.24) is 5.32 Å². The van der Waals surface area contributed by atoms with Gasteiger partial charge in [0.15, 0.2) is 0 Å². The van der Waals surface area contributed by atoms with E-state index in [9.17, 15) is 9.90 Å². The Morgan fingerprint density at radius 2 is 2.06 bits per heavy atom. The lowest BCUT2D eigenvalue weighted by Crippen LogP contribution is -2.44. The average Bonchev–Trinajstić information content (AvgIpc) is 2.34. The molecule has 1 saturated carbocycles. The Hall–Kier alpha value is -1.39. The highest BCUT2D eigenvalue weighted by Crippen LogP contribution is 2.26. The lowest BCUT2D eigenvalue weighted by molar-refractivity contribution is -0.117. The van der Waals surface area contributed by atoms with E-state index in [1.807, 2.05) is 37.3 Å². The summed E-state index contributed by atoms with van der Waals surface area (Å²) in [6, 6.07) is 9.22. The van der Waals surface area contributed by atoms with E-state index in [1.54, 1.807) is 0 Å². The Morgan fingerprint density at radius 1 is 1.39 bits per heavy atom. The van der Waals surface area contributed by atoms with Gasteiger partial charge in [-0.3, -0.25) is 4.79 Å². The highest BCUT2D eigenvalue weighted by molar-refractivity contribution is 5.94. The SMILES string of the molecule is CC(NCC1CC(O)C1)C(=O)Nc1ccccc1. The van der Waals surface area contributed by atoms with Crippen LogP contribution in [0.2, 0.25) is 0 Å². The summed E-state index contributed by atoms with van der Waals surface area (Å²) >= 11 is 0. The molecule has 1 unspecified atom stereocenters. The highest BCUT2D eigenvalue weighted by Gasteiger charge is 2.27. The van der Waals surface area contributed by atoms with Crippen molar-refractivity contribution in [2.45, 2.75) is 31.9 Å². The van der Waals surface area contributed by atoms with Crippen LogP contribution in [0.4, 0.5) is 5.69 Å². The summed E-state index contributed by atoms with van der Waals surface area (Å²) in [6.07, 6.45) is 1.56. The van der Waals surface area contributed by atoms with Crippen LogP contribution in [-0.4, -0.2) is 29.7 Å². The van der Waals surface area contributed by atoms with Gasteiger partial charge in [-0.1, -0.05) is 18.2 Å². The van der Waals surface area contributed by atoms with Crippen molar-refractivity contribution >= 4 is 11.6 Å². The number of carbonyl (C=O) groups is 1. The zero-order valence-corrected chi connectivity index (χ0v) is 10.6. The van der Waals surface area contributed by atoms with Crippen LogP contribution < -0.4 is 10.6 Å². The Morgan fingerprint density at radius 3 is 2.67 bits per heavy atom. The van der Waals surface area contributed by atoms with Gasteiger partial charge in [0.2, 0.25) is 5.91 Å². The minimum Gasteiger partial charge on any atom is -0.393 e. The second kappa shape index (κ2) is 5.98. The normalized spacial score (nSPS) is 24.1. The van der Waals surface area contributed by atoms with Gasteiger partial charge in [-0.05, 0) is 44.4 Å². The van der Waals surface area contributed by atoms with Crippen LogP contribution in [-0.2, 0) is 4.79 Å². The van der Waals surface area contributed by atoms with E-state index in [0.29, 0.717) is 5.92 Å². The number of aliphatic hydroxyl groups excluding tert-OH is 1. The van der Waals surface area contributed by atoms with Crippen molar-refractivity contribution < 1.29 is 9.90 Å². The number of nitrogens with one attached hydrogen (secondary N) is 2. The lowest BCUT2D eigenvalue weighted by atomic mass is 9.82. The molecule has 0 spiro atoms. The van der Waals surface area contributed by atoms with Crippen molar-refractivity contribution in [3.8, 4) is 0 Å². The fraction of sp³-hybridized carbons (Fsp3) is 0.500. The summed E-state index contributed by atoms with van der Waals surface area (Å²) in [5.41, 5.74) is 0.815. The van der Waals surface area contributed by atoms with Crippen LogP contribution >= 0.6 is 0 Å². The fourth-order valence-electron chi connectivity index (χ4n) is 2.08. The maximum Gasteiger partial charge on any atom is 0.241 e. The molecule has 3 N–H and O–H groups in total. The number of aliphatic hydroxyl groups is 1. The van der Waals surface area contributed by atoms with Gasteiger partial charge in [0.25, 0.3) is 0 Å². The molecular formula is C14H20N2O2. The molecule has 1 aliphatic rings. The van der Waals surface area contributed by atoms with Crippen molar-refractivity contribution in [3.05, 3.63) is 30.3 Å². The van der Waals surface area contributed by atoms with Crippen LogP contribution in [0.25, 0.3) is 0 Å². The first-order chi connectivity index (χ1) is 8.65. The molecule has 0 radical (unpaired) electrons. The fourth-order valence-corrected chi connectivity index (χ4v) is 2.08. The molecule has 1 aliphatic carbocycles. The van der Waals surface area contributed by atoms with Crippen LogP contribution in [0.1, 0.15) is 19.8 Å². The lowest BCUT2D eigenvalue weighted by Gasteiger charge is -2.32. The first kappa shape index (κ1) is 13.1.